The number of urea groups is 1. The average Bonchev–Trinajstić information content (AvgIpc) is 2.84. The number of hydrogen-bond donors (Lipinski definition) is 2. The summed E-state index contributed by atoms with van der Waals surface area (Å²) < 4.78 is 0. The fraction of sp³-hybridized carbons (Fsp3) is 0.875. The number of hydrogen-bond acceptors (Lipinski definition) is 2. The van der Waals surface area contributed by atoms with Crippen molar-refractivity contribution in [1.82, 2.24) is 10.2 Å². The van der Waals surface area contributed by atoms with Gasteiger partial charge < -0.3 is 15.3 Å². The maximum Gasteiger partial charge on any atom is 0.317 e. The van der Waals surface area contributed by atoms with Crippen molar-refractivity contribution >= 4 is 12.0 Å². The van der Waals surface area contributed by atoms with E-state index in [1.54, 1.807) is 11.8 Å². The van der Waals surface area contributed by atoms with Gasteiger partial charge in [-0.25, -0.2) is 4.79 Å². The SMILES string of the molecule is C[C@@H](CC1CCCCC1)NC(=O)N1CCC(C)(C(=O)O)C1. The lowest BCUT2D eigenvalue weighted by Crippen LogP contribution is -2.44. The largest absolute Gasteiger partial charge is 0.481 e. The molecule has 0 aromatic rings. The fourth-order valence-electron chi connectivity index (χ4n) is 3.59. The second-order valence-corrected chi connectivity index (χ2v) is 7.13. The second kappa shape index (κ2) is 6.67. The van der Waals surface area contributed by atoms with Crippen LogP contribution in [-0.2, 0) is 4.79 Å². The molecule has 5 nitrogen and oxygen atoms in total. The summed E-state index contributed by atoms with van der Waals surface area (Å²) in [6, 6.07) is 0.0561. The molecule has 5 heteroatoms. The molecule has 21 heavy (non-hydrogen) atoms. The molecule has 0 aromatic heterocycles. The van der Waals surface area contributed by atoms with Crippen LogP contribution in [0, 0.1) is 11.3 Å². The van der Waals surface area contributed by atoms with Gasteiger partial charge in [0.25, 0.3) is 0 Å². The van der Waals surface area contributed by atoms with E-state index in [2.05, 4.69) is 12.2 Å². The highest BCUT2D eigenvalue weighted by Gasteiger charge is 2.42. The molecule has 0 aromatic carbocycles. The highest BCUT2D eigenvalue weighted by Crippen LogP contribution is 2.30. The molecular formula is C16H28N2O3. The Balaban J connectivity index is 1.77. The van der Waals surface area contributed by atoms with E-state index in [9.17, 15) is 14.7 Å². The van der Waals surface area contributed by atoms with Gasteiger partial charge >= 0.3 is 12.0 Å². The first-order valence-corrected chi connectivity index (χ1v) is 8.19. The Kier molecular flexibility index (Phi) is 5.12. The number of carboxylic acid groups (broad SMARTS) is 1. The van der Waals surface area contributed by atoms with Gasteiger partial charge in [-0.1, -0.05) is 32.1 Å². The van der Waals surface area contributed by atoms with E-state index in [4.69, 9.17) is 0 Å². The summed E-state index contributed by atoms with van der Waals surface area (Å²) in [5.74, 6) is -0.0787. The van der Waals surface area contributed by atoms with Crippen molar-refractivity contribution in [2.75, 3.05) is 13.1 Å². The molecular weight excluding hydrogens is 268 g/mol. The van der Waals surface area contributed by atoms with Gasteiger partial charge in [-0.15, -0.1) is 0 Å². The molecule has 2 amide bonds. The van der Waals surface area contributed by atoms with Crippen LogP contribution in [0.2, 0.25) is 0 Å². The summed E-state index contributed by atoms with van der Waals surface area (Å²) in [7, 11) is 0. The Hall–Kier alpha value is -1.26. The zero-order chi connectivity index (χ0) is 15.5. The van der Waals surface area contributed by atoms with Gasteiger partial charge in [0.1, 0.15) is 0 Å². The summed E-state index contributed by atoms with van der Waals surface area (Å²) in [5.41, 5.74) is -0.788. The van der Waals surface area contributed by atoms with Crippen molar-refractivity contribution in [3.63, 3.8) is 0 Å². The van der Waals surface area contributed by atoms with Gasteiger partial charge in [-0.3, -0.25) is 4.79 Å². The Bertz CT molecular complexity index is 393. The average molecular weight is 296 g/mol. The molecule has 0 bridgehead atoms. The molecule has 0 spiro atoms. The van der Waals surface area contributed by atoms with Crippen LogP contribution in [0.3, 0.4) is 0 Å². The Labute approximate surface area is 127 Å². The number of rotatable bonds is 4. The van der Waals surface area contributed by atoms with Crippen molar-refractivity contribution in [3.8, 4) is 0 Å². The molecule has 2 atom stereocenters. The third-order valence-corrected chi connectivity index (χ3v) is 5.06. The maximum atomic E-state index is 12.2. The predicted molar refractivity (Wildman–Crippen MR) is 81.1 cm³/mol. The predicted octanol–water partition coefficient (Wildman–Crippen LogP) is 2.85. The van der Waals surface area contributed by atoms with Crippen LogP contribution in [0.4, 0.5) is 4.79 Å². The first kappa shape index (κ1) is 16.1. The molecule has 1 saturated carbocycles. The van der Waals surface area contributed by atoms with E-state index in [0.29, 0.717) is 19.5 Å². The van der Waals surface area contributed by atoms with Crippen LogP contribution in [0.15, 0.2) is 0 Å². The number of carboxylic acids is 1. The van der Waals surface area contributed by atoms with Gasteiger partial charge in [0.05, 0.1) is 5.41 Å². The van der Waals surface area contributed by atoms with Crippen molar-refractivity contribution in [3.05, 3.63) is 0 Å². The van der Waals surface area contributed by atoms with Crippen LogP contribution < -0.4 is 5.32 Å². The fourth-order valence-corrected chi connectivity index (χ4v) is 3.59. The van der Waals surface area contributed by atoms with Crippen molar-refractivity contribution in [2.24, 2.45) is 11.3 Å². The van der Waals surface area contributed by atoms with Crippen LogP contribution in [-0.4, -0.2) is 41.1 Å². The third kappa shape index (κ3) is 4.11. The van der Waals surface area contributed by atoms with Crippen LogP contribution in [0.1, 0.15) is 58.8 Å². The molecule has 2 N–H and O–H groups in total. The van der Waals surface area contributed by atoms with E-state index in [1.807, 2.05) is 0 Å². The number of carbonyl (C=O) groups excluding carboxylic acids is 1. The number of carbonyl (C=O) groups is 2. The third-order valence-electron chi connectivity index (χ3n) is 5.06. The molecule has 2 aliphatic rings. The van der Waals surface area contributed by atoms with E-state index < -0.39 is 11.4 Å². The molecule has 1 aliphatic heterocycles. The Morgan fingerprint density at radius 2 is 2.00 bits per heavy atom. The smallest absolute Gasteiger partial charge is 0.317 e. The van der Waals surface area contributed by atoms with Crippen LogP contribution >= 0.6 is 0 Å². The topological polar surface area (TPSA) is 69.6 Å². The summed E-state index contributed by atoms with van der Waals surface area (Å²) in [6.07, 6.45) is 8.10. The van der Waals surface area contributed by atoms with E-state index in [0.717, 1.165) is 12.3 Å². The maximum absolute atomic E-state index is 12.2. The lowest BCUT2D eigenvalue weighted by molar-refractivity contribution is -0.146. The highest BCUT2D eigenvalue weighted by molar-refractivity contribution is 5.79. The van der Waals surface area contributed by atoms with Crippen LogP contribution in [0.5, 0.6) is 0 Å². The normalized spacial score (nSPS) is 28.4. The van der Waals surface area contributed by atoms with Crippen LogP contribution in [0.25, 0.3) is 0 Å². The van der Waals surface area contributed by atoms with Gasteiger partial charge in [-0.05, 0) is 32.6 Å². The highest BCUT2D eigenvalue weighted by atomic mass is 16.4. The number of likely N-dealkylation sites (tertiary alicyclic amines) is 1. The molecule has 2 rings (SSSR count). The van der Waals surface area contributed by atoms with Gasteiger partial charge in [0.2, 0.25) is 0 Å². The number of nitrogens with one attached hydrogen (secondary N) is 1. The second-order valence-electron chi connectivity index (χ2n) is 7.13. The van der Waals surface area contributed by atoms with Crippen molar-refractivity contribution in [2.45, 2.75) is 64.8 Å². The van der Waals surface area contributed by atoms with Gasteiger partial charge in [0.15, 0.2) is 0 Å². The zero-order valence-corrected chi connectivity index (χ0v) is 13.2. The summed E-state index contributed by atoms with van der Waals surface area (Å²) >= 11 is 0. The minimum Gasteiger partial charge on any atom is -0.481 e. The quantitative estimate of drug-likeness (QED) is 0.838. The van der Waals surface area contributed by atoms with Gasteiger partial charge in [-0.2, -0.15) is 0 Å². The monoisotopic (exact) mass is 296 g/mol. The van der Waals surface area contributed by atoms with Crippen molar-refractivity contribution in [1.29, 1.82) is 0 Å². The van der Waals surface area contributed by atoms with E-state index in [-0.39, 0.29) is 12.1 Å². The summed E-state index contributed by atoms with van der Waals surface area (Å²) in [5, 5.41) is 12.3. The first-order chi connectivity index (χ1) is 9.90. The number of amides is 2. The molecule has 2 fully saturated rings. The standard InChI is InChI=1S/C16H28N2O3/c1-12(10-13-6-4-3-5-7-13)17-15(21)18-9-8-16(2,11-18)14(19)20/h12-13H,3-11H2,1-2H3,(H,17,21)(H,19,20)/t12-,16?/m0/s1. The molecule has 1 unspecified atom stereocenters. The molecule has 0 radical (unpaired) electrons. The summed E-state index contributed by atoms with van der Waals surface area (Å²) in [6.45, 7) is 4.61. The zero-order valence-electron chi connectivity index (χ0n) is 13.2. The van der Waals surface area contributed by atoms with Gasteiger partial charge in [0, 0.05) is 19.1 Å². The number of nitrogens with zero attached hydrogens (tertiary/aromatic N) is 1. The molecule has 1 aliphatic carbocycles. The Morgan fingerprint density at radius 1 is 1.33 bits per heavy atom. The minimum atomic E-state index is -0.812. The van der Waals surface area contributed by atoms with E-state index in [1.165, 1.54) is 32.1 Å². The lowest BCUT2D eigenvalue weighted by Gasteiger charge is -2.27. The first-order valence-electron chi connectivity index (χ1n) is 8.19. The van der Waals surface area contributed by atoms with Crippen molar-refractivity contribution < 1.29 is 14.7 Å². The molecule has 120 valence electrons. The Morgan fingerprint density at radius 3 is 2.57 bits per heavy atom. The number of aliphatic carboxylic acids is 1. The van der Waals surface area contributed by atoms with E-state index >= 15 is 0 Å². The lowest BCUT2D eigenvalue weighted by atomic mass is 9.85. The summed E-state index contributed by atoms with van der Waals surface area (Å²) in [4.78, 5) is 25.1. The molecule has 1 heterocycles. The minimum absolute atomic E-state index is 0.108. The molecule has 1 saturated heterocycles.